The third kappa shape index (κ3) is 2.21. The van der Waals surface area contributed by atoms with Crippen molar-refractivity contribution >= 4 is 11.9 Å². The number of H-pyrrole nitrogens is 1. The number of nitrogens with one attached hydrogen (secondary N) is 2. The van der Waals surface area contributed by atoms with E-state index < -0.39 is 17.4 Å². The Kier molecular flexibility index (Phi) is 3.65. The number of aliphatic carboxylic acids is 1. The Morgan fingerprint density at radius 2 is 2.12 bits per heavy atom. The molecule has 1 heterocycles. The van der Waals surface area contributed by atoms with Crippen LogP contribution in [0.1, 0.15) is 37.0 Å². The van der Waals surface area contributed by atoms with Crippen molar-refractivity contribution in [1.82, 2.24) is 15.5 Å². The number of hydrogen-bond donors (Lipinski definition) is 3. The first-order valence-corrected chi connectivity index (χ1v) is 5.10. The van der Waals surface area contributed by atoms with E-state index in [2.05, 4.69) is 15.5 Å². The molecule has 3 N–H and O–H groups in total. The molecule has 16 heavy (non-hydrogen) atoms. The van der Waals surface area contributed by atoms with Gasteiger partial charge in [0.25, 0.3) is 5.91 Å². The lowest BCUT2D eigenvalue weighted by Gasteiger charge is -2.27. The lowest BCUT2D eigenvalue weighted by molar-refractivity contribution is -0.144. The van der Waals surface area contributed by atoms with Gasteiger partial charge >= 0.3 is 5.97 Å². The minimum atomic E-state index is -1.20. The molecule has 0 spiro atoms. The summed E-state index contributed by atoms with van der Waals surface area (Å²) < 4.78 is 0. The van der Waals surface area contributed by atoms with Gasteiger partial charge in [-0.15, -0.1) is 0 Å². The van der Waals surface area contributed by atoms with Gasteiger partial charge in [-0.3, -0.25) is 9.89 Å². The van der Waals surface area contributed by atoms with Gasteiger partial charge in [0.05, 0.1) is 11.8 Å². The molecule has 6 heteroatoms. The van der Waals surface area contributed by atoms with E-state index in [0.29, 0.717) is 18.4 Å². The number of carbonyl (C=O) groups is 2. The van der Waals surface area contributed by atoms with Crippen molar-refractivity contribution < 1.29 is 14.7 Å². The molecule has 0 unspecified atom stereocenters. The Balaban J connectivity index is 2.84. The quantitative estimate of drug-likeness (QED) is 0.690. The summed E-state index contributed by atoms with van der Waals surface area (Å²) in [7, 11) is 0. The van der Waals surface area contributed by atoms with Crippen molar-refractivity contribution in [2.45, 2.75) is 32.2 Å². The summed E-state index contributed by atoms with van der Waals surface area (Å²) in [6.07, 6.45) is 3.45. The first-order chi connectivity index (χ1) is 7.55. The number of aromatic amines is 1. The molecule has 0 bridgehead atoms. The first-order valence-electron chi connectivity index (χ1n) is 5.10. The van der Waals surface area contributed by atoms with Gasteiger partial charge < -0.3 is 10.4 Å². The molecule has 0 saturated heterocycles. The minimum Gasteiger partial charge on any atom is -0.480 e. The van der Waals surface area contributed by atoms with Crippen LogP contribution < -0.4 is 5.32 Å². The summed E-state index contributed by atoms with van der Waals surface area (Å²) in [6.45, 7) is 3.46. The summed E-state index contributed by atoms with van der Waals surface area (Å²) >= 11 is 0. The van der Waals surface area contributed by atoms with E-state index in [0.717, 1.165) is 0 Å². The molecule has 0 radical (unpaired) electrons. The van der Waals surface area contributed by atoms with Crippen LogP contribution in [0, 0.1) is 0 Å². The number of nitrogens with zero attached hydrogens (tertiary/aromatic N) is 1. The maximum atomic E-state index is 11.7. The molecule has 1 aromatic heterocycles. The highest BCUT2D eigenvalue weighted by Gasteiger charge is 2.36. The van der Waals surface area contributed by atoms with E-state index in [1.165, 1.54) is 12.4 Å². The Hall–Kier alpha value is -1.85. The Labute approximate surface area is 93.1 Å². The fourth-order valence-electron chi connectivity index (χ4n) is 1.45. The van der Waals surface area contributed by atoms with E-state index >= 15 is 0 Å². The normalized spacial score (nSPS) is 11.1. The zero-order valence-electron chi connectivity index (χ0n) is 9.28. The van der Waals surface area contributed by atoms with Crippen LogP contribution in [0.4, 0.5) is 0 Å². The van der Waals surface area contributed by atoms with E-state index in [1.807, 2.05) is 0 Å². The standard InChI is InChI=1S/C10H15N3O3/c1-3-10(4-2,9(15)16)13-8(14)7-5-11-12-6-7/h5-6H,3-4H2,1-2H3,(H,11,12)(H,13,14)(H,15,16). The van der Waals surface area contributed by atoms with Crippen LogP contribution in [0.5, 0.6) is 0 Å². The highest BCUT2D eigenvalue weighted by Crippen LogP contribution is 2.16. The maximum absolute atomic E-state index is 11.7. The van der Waals surface area contributed by atoms with Gasteiger partial charge in [-0.2, -0.15) is 5.10 Å². The summed E-state index contributed by atoms with van der Waals surface area (Å²) in [5.74, 6) is -1.45. The predicted molar refractivity (Wildman–Crippen MR) is 57.0 cm³/mol. The fourth-order valence-corrected chi connectivity index (χ4v) is 1.45. The largest absolute Gasteiger partial charge is 0.480 e. The number of carboxylic acid groups (broad SMARTS) is 1. The zero-order chi connectivity index (χ0) is 12.2. The zero-order valence-corrected chi connectivity index (χ0v) is 9.28. The summed E-state index contributed by atoms with van der Waals surface area (Å²) in [4.78, 5) is 22.9. The minimum absolute atomic E-state index is 0.326. The molecule has 0 saturated carbocycles. The second kappa shape index (κ2) is 4.78. The number of carbonyl (C=O) groups excluding carboxylic acids is 1. The topological polar surface area (TPSA) is 95.1 Å². The maximum Gasteiger partial charge on any atom is 0.329 e. The molecule has 0 aromatic carbocycles. The van der Waals surface area contributed by atoms with Gasteiger partial charge in [0.15, 0.2) is 0 Å². The predicted octanol–water partition coefficient (Wildman–Crippen LogP) is 0.783. The molecule has 0 aliphatic rings. The summed E-state index contributed by atoms with van der Waals surface area (Å²) in [5, 5.41) is 17.8. The van der Waals surface area contributed by atoms with Crippen molar-refractivity contribution in [1.29, 1.82) is 0 Å². The molecule has 0 aliphatic carbocycles. The first kappa shape index (κ1) is 12.2. The van der Waals surface area contributed by atoms with Crippen molar-refractivity contribution in [2.75, 3.05) is 0 Å². The molecule has 0 atom stereocenters. The van der Waals surface area contributed by atoms with Crippen LogP contribution in [0.2, 0.25) is 0 Å². The lowest BCUT2D eigenvalue weighted by atomic mass is 9.92. The van der Waals surface area contributed by atoms with Crippen molar-refractivity contribution in [3.8, 4) is 0 Å². The second-order valence-electron chi connectivity index (χ2n) is 3.54. The Morgan fingerprint density at radius 3 is 2.50 bits per heavy atom. The number of rotatable bonds is 5. The van der Waals surface area contributed by atoms with Crippen LogP contribution in [0.15, 0.2) is 12.4 Å². The highest BCUT2D eigenvalue weighted by molar-refractivity contribution is 5.97. The molecule has 6 nitrogen and oxygen atoms in total. The van der Waals surface area contributed by atoms with E-state index in [-0.39, 0.29) is 0 Å². The third-order valence-corrected chi connectivity index (χ3v) is 2.73. The highest BCUT2D eigenvalue weighted by atomic mass is 16.4. The second-order valence-corrected chi connectivity index (χ2v) is 3.54. The van der Waals surface area contributed by atoms with E-state index in [4.69, 9.17) is 5.11 Å². The fraction of sp³-hybridized carbons (Fsp3) is 0.500. The molecule has 0 aliphatic heterocycles. The van der Waals surface area contributed by atoms with Gasteiger partial charge in [-0.1, -0.05) is 13.8 Å². The van der Waals surface area contributed by atoms with Gasteiger partial charge in [0, 0.05) is 6.20 Å². The molecular formula is C10H15N3O3. The number of hydrogen-bond acceptors (Lipinski definition) is 3. The third-order valence-electron chi connectivity index (χ3n) is 2.73. The SMILES string of the molecule is CCC(CC)(NC(=O)c1cn[nH]c1)C(=O)O. The van der Waals surface area contributed by atoms with Crippen molar-refractivity contribution in [2.24, 2.45) is 0 Å². The molecule has 0 fully saturated rings. The lowest BCUT2D eigenvalue weighted by Crippen LogP contribution is -2.53. The Morgan fingerprint density at radius 1 is 1.50 bits per heavy atom. The van der Waals surface area contributed by atoms with E-state index in [9.17, 15) is 9.59 Å². The summed E-state index contributed by atoms with van der Waals surface area (Å²) in [5.41, 5.74) is -0.874. The van der Waals surface area contributed by atoms with Gasteiger partial charge in [0.2, 0.25) is 0 Å². The summed E-state index contributed by atoms with van der Waals surface area (Å²) in [6, 6.07) is 0. The van der Waals surface area contributed by atoms with Gasteiger partial charge in [-0.25, -0.2) is 4.79 Å². The monoisotopic (exact) mass is 225 g/mol. The smallest absolute Gasteiger partial charge is 0.329 e. The van der Waals surface area contributed by atoms with Crippen molar-refractivity contribution in [3.63, 3.8) is 0 Å². The Bertz CT molecular complexity index is 369. The van der Waals surface area contributed by atoms with Crippen LogP contribution in [0.25, 0.3) is 0 Å². The van der Waals surface area contributed by atoms with Gasteiger partial charge in [-0.05, 0) is 12.8 Å². The molecular weight excluding hydrogens is 210 g/mol. The van der Waals surface area contributed by atoms with Crippen LogP contribution in [-0.2, 0) is 4.79 Å². The molecule has 1 rings (SSSR count). The average Bonchev–Trinajstić information content (AvgIpc) is 2.78. The van der Waals surface area contributed by atoms with Crippen LogP contribution in [-0.4, -0.2) is 32.7 Å². The molecule has 1 amide bonds. The molecule has 88 valence electrons. The molecule has 1 aromatic rings. The number of amides is 1. The van der Waals surface area contributed by atoms with Gasteiger partial charge in [0.1, 0.15) is 5.54 Å². The van der Waals surface area contributed by atoms with Crippen LogP contribution >= 0.6 is 0 Å². The van der Waals surface area contributed by atoms with E-state index in [1.54, 1.807) is 13.8 Å². The number of carboxylic acids is 1. The number of aromatic nitrogens is 2. The van der Waals surface area contributed by atoms with Crippen molar-refractivity contribution in [3.05, 3.63) is 18.0 Å². The van der Waals surface area contributed by atoms with Crippen LogP contribution in [0.3, 0.4) is 0 Å². The average molecular weight is 225 g/mol.